The number of nitriles is 1. The van der Waals surface area contributed by atoms with Crippen LogP contribution in [0.5, 0.6) is 0 Å². The first-order valence-corrected chi connectivity index (χ1v) is 8.45. The molecular formula is C21H19N5O. The van der Waals surface area contributed by atoms with Crippen LogP contribution >= 0.6 is 0 Å². The molecule has 3 rings (SSSR count). The molecule has 0 unspecified atom stereocenters. The van der Waals surface area contributed by atoms with E-state index in [9.17, 15) is 10.1 Å². The highest BCUT2D eigenvalue weighted by molar-refractivity contribution is 6.04. The summed E-state index contributed by atoms with van der Waals surface area (Å²) in [6, 6.07) is 14.8. The van der Waals surface area contributed by atoms with Crippen molar-refractivity contribution >= 4 is 23.1 Å². The van der Waals surface area contributed by atoms with Gasteiger partial charge < -0.3 is 10.6 Å². The fourth-order valence-corrected chi connectivity index (χ4v) is 2.93. The van der Waals surface area contributed by atoms with Gasteiger partial charge in [-0.2, -0.15) is 5.26 Å². The summed E-state index contributed by atoms with van der Waals surface area (Å²) in [6.45, 7) is 5.94. The molecule has 6 heteroatoms. The first kappa shape index (κ1) is 18.1. The summed E-state index contributed by atoms with van der Waals surface area (Å²) >= 11 is 0. The second kappa shape index (κ2) is 7.67. The Hall–Kier alpha value is -3.72. The third-order valence-electron chi connectivity index (χ3n) is 4.13. The molecule has 1 amide bonds. The van der Waals surface area contributed by atoms with Gasteiger partial charge in [0.15, 0.2) is 0 Å². The maximum absolute atomic E-state index is 12.6. The fraction of sp³-hybridized carbons (Fsp3) is 0.143. The lowest BCUT2D eigenvalue weighted by molar-refractivity contribution is 0.102. The number of carbonyl (C=O) groups excluding carboxylic acids is 1. The molecule has 27 heavy (non-hydrogen) atoms. The third-order valence-corrected chi connectivity index (χ3v) is 4.13. The van der Waals surface area contributed by atoms with Gasteiger partial charge in [0.2, 0.25) is 0 Å². The second-order valence-corrected chi connectivity index (χ2v) is 6.30. The molecule has 0 atom stereocenters. The van der Waals surface area contributed by atoms with E-state index in [4.69, 9.17) is 0 Å². The van der Waals surface area contributed by atoms with E-state index in [1.165, 1.54) is 6.33 Å². The monoisotopic (exact) mass is 357 g/mol. The number of amides is 1. The maximum Gasteiger partial charge on any atom is 0.274 e. The summed E-state index contributed by atoms with van der Waals surface area (Å²) in [7, 11) is 0. The van der Waals surface area contributed by atoms with Gasteiger partial charge in [0.05, 0.1) is 11.3 Å². The van der Waals surface area contributed by atoms with Gasteiger partial charge in [-0.1, -0.05) is 29.8 Å². The van der Waals surface area contributed by atoms with Gasteiger partial charge in [0.25, 0.3) is 5.91 Å². The molecule has 0 fully saturated rings. The summed E-state index contributed by atoms with van der Waals surface area (Å²) in [4.78, 5) is 20.9. The normalized spacial score (nSPS) is 10.1. The van der Waals surface area contributed by atoms with Crippen LogP contribution < -0.4 is 10.6 Å². The smallest absolute Gasteiger partial charge is 0.274 e. The number of anilines is 3. The standard InChI is InChI=1S/C21H19N5O/c1-13-8-14(2)20(15(3)9-13)26-21(27)18-10-19(24-12-23-18)25-17-7-5-4-6-16(17)11-22/h4-10,12H,1-3H3,(H,26,27)(H,23,24,25). The molecule has 0 spiro atoms. The number of carbonyl (C=O) groups is 1. The highest BCUT2D eigenvalue weighted by atomic mass is 16.1. The molecule has 2 N–H and O–H groups in total. The van der Waals surface area contributed by atoms with Crippen molar-refractivity contribution in [2.75, 3.05) is 10.6 Å². The van der Waals surface area contributed by atoms with Gasteiger partial charge in [0, 0.05) is 11.8 Å². The number of benzene rings is 2. The number of nitrogens with zero attached hydrogens (tertiary/aromatic N) is 3. The predicted octanol–water partition coefficient (Wildman–Crippen LogP) is 4.27. The van der Waals surface area contributed by atoms with Gasteiger partial charge in [-0.25, -0.2) is 9.97 Å². The molecule has 1 aromatic heterocycles. The molecule has 0 bridgehead atoms. The molecule has 0 radical (unpaired) electrons. The van der Waals surface area contributed by atoms with Gasteiger partial charge in [-0.3, -0.25) is 4.79 Å². The lowest BCUT2D eigenvalue weighted by Crippen LogP contribution is -2.16. The van der Waals surface area contributed by atoms with Crippen molar-refractivity contribution in [1.29, 1.82) is 5.26 Å². The van der Waals surface area contributed by atoms with E-state index < -0.39 is 0 Å². The first-order chi connectivity index (χ1) is 13.0. The largest absolute Gasteiger partial charge is 0.339 e. The van der Waals surface area contributed by atoms with E-state index in [0.717, 1.165) is 22.4 Å². The molecule has 3 aromatic rings. The quantitative estimate of drug-likeness (QED) is 0.728. The number of aryl methyl sites for hydroxylation is 3. The molecule has 0 saturated carbocycles. The number of hydrogen-bond donors (Lipinski definition) is 2. The lowest BCUT2D eigenvalue weighted by atomic mass is 10.0. The van der Waals surface area contributed by atoms with Gasteiger partial charge in [-0.15, -0.1) is 0 Å². The fourth-order valence-electron chi connectivity index (χ4n) is 2.93. The number of para-hydroxylation sites is 1. The average molecular weight is 357 g/mol. The van der Waals surface area contributed by atoms with Gasteiger partial charge >= 0.3 is 0 Å². The van der Waals surface area contributed by atoms with Crippen molar-refractivity contribution in [1.82, 2.24) is 9.97 Å². The van der Waals surface area contributed by atoms with Crippen LogP contribution in [0.15, 0.2) is 48.8 Å². The van der Waals surface area contributed by atoms with E-state index in [0.29, 0.717) is 17.1 Å². The highest BCUT2D eigenvalue weighted by Crippen LogP contribution is 2.23. The van der Waals surface area contributed by atoms with E-state index in [-0.39, 0.29) is 11.6 Å². The van der Waals surface area contributed by atoms with Crippen molar-refractivity contribution in [3.05, 3.63) is 76.7 Å². The molecule has 6 nitrogen and oxygen atoms in total. The zero-order valence-corrected chi connectivity index (χ0v) is 15.4. The average Bonchev–Trinajstić information content (AvgIpc) is 2.65. The summed E-state index contributed by atoms with van der Waals surface area (Å²) in [5.74, 6) is 0.124. The van der Waals surface area contributed by atoms with E-state index >= 15 is 0 Å². The van der Waals surface area contributed by atoms with Crippen LogP contribution in [0.3, 0.4) is 0 Å². The third kappa shape index (κ3) is 4.10. The molecule has 0 saturated heterocycles. The predicted molar refractivity (Wildman–Crippen MR) is 105 cm³/mol. The van der Waals surface area contributed by atoms with Crippen molar-refractivity contribution < 1.29 is 4.79 Å². The Bertz CT molecular complexity index is 1030. The SMILES string of the molecule is Cc1cc(C)c(NC(=O)c2cc(Nc3ccccc3C#N)ncn2)c(C)c1. The molecule has 1 heterocycles. The Kier molecular flexibility index (Phi) is 5.13. The van der Waals surface area contributed by atoms with Gasteiger partial charge in [-0.05, 0) is 44.0 Å². The number of hydrogen-bond acceptors (Lipinski definition) is 5. The van der Waals surface area contributed by atoms with E-state index in [1.54, 1.807) is 24.3 Å². The Labute approximate surface area is 157 Å². The zero-order valence-electron chi connectivity index (χ0n) is 15.4. The highest BCUT2D eigenvalue weighted by Gasteiger charge is 2.13. The van der Waals surface area contributed by atoms with Crippen LogP contribution in [0.4, 0.5) is 17.2 Å². The van der Waals surface area contributed by atoms with Crippen LogP contribution in [0.1, 0.15) is 32.7 Å². The van der Waals surface area contributed by atoms with E-state index in [2.05, 4.69) is 26.7 Å². The van der Waals surface area contributed by atoms with Crippen LogP contribution in [0, 0.1) is 32.1 Å². The number of rotatable bonds is 4. The lowest BCUT2D eigenvalue weighted by Gasteiger charge is -2.13. The topological polar surface area (TPSA) is 90.7 Å². The van der Waals surface area contributed by atoms with Crippen molar-refractivity contribution in [2.45, 2.75) is 20.8 Å². The van der Waals surface area contributed by atoms with Crippen molar-refractivity contribution in [2.24, 2.45) is 0 Å². The molecular weight excluding hydrogens is 338 g/mol. The summed E-state index contributed by atoms with van der Waals surface area (Å²) in [6.07, 6.45) is 1.32. The van der Waals surface area contributed by atoms with Crippen molar-refractivity contribution in [3.63, 3.8) is 0 Å². The number of aromatic nitrogens is 2. The number of nitrogens with one attached hydrogen (secondary N) is 2. The molecule has 2 aromatic carbocycles. The van der Waals surface area contributed by atoms with E-state index in [1.807, 2.05) is 39.0 Å². The summed E-state index contributed by atoms with van der Waals surface area (Å²) in [5, 5.41) is 15.2. The van der Waals surface area contributed by atoms with Crippen LogP contribution in [0.2, 0.25) is 0 Å². The minimum atomic E-state index is -0.316. The Morgan fingerprint density at radius 3 is 2.44 bits per heavy atom. The Morgan fingerprint density at radius 2 is 1.74 bits per heavy atom. The zero-order chi connectivity index (χ0) is 19.4. The molecule has 0 aliphatic carbocycles. The summed E-state index contributed by atoms with van der Waals surface area (Å²) in [5.41, 5.74) is 5.28. The molecule has 134 valence electrons. The first-order valence-electron chi connectivity index (χ1n) is 8.45. The van der Waals surface area contributed by atoms with Gasteiger partial charge in [0.1, 0.15) is 23.9 Å². The van der Waals surface area contributed by atoms with Crippen LogP contribution in [0.25, 0.3) is 0 Å². The molecule has 0 aliphatic rings. The Balaban J connectivity index is 1.83. The Morgan fingerprint density at radius 1 is 1.04 bits per heavy atom. The maximum atomic E-state index is 12.6. The van der Waals surface area contributed by atoms with Crippen LogP contribution in [-0.2, 0) is 0 Å². The summed E-state index contributed by atoms with van der Waals surface area (Å²) < 4.78 is 0. The minimum absolute atomic E-state index is 0.237. The second-order valence-electron chi connectivity index (χ2n) is 6.30. The van der Waals surface area contributed by atoms with Crippen molar-refractivity contribution in [3.8, 4) is 6.07 Å². The minimum Gasteiger partial charge on any atom is -0.339 e. The molecule has 0 aliphatic heterocycles. The van der Waals surface area contributed by atoms with Crippen LogP contribution in [-0.4, -0.2) is 15.9 Å².